The van der Waals surface area contributed by atoms with E-state index in [1.54, 1.807) is 18.4 Å². The molecule has 0 saturated carbocycles. The van der Waals surface area contributed by atoms with Crippen LogP contribution in [-0.4, -0.2) is 100 Å². The van der Waals surface area contributed by atoms with Gasteiger partial charge >= 0.3 is 5.97 Å². The first kappa shape index (κ1) is 30.0. The summed E-state index contributed by atoms with van der Waals surface area (Å²) in [6, 6.07) is 16.4. The van der Waals surface area contributed by atoms with Crippen molar-refractivity contribution in [3.63, 3.8) is 0 Å². The lowest BCUT2D eigenvalue weighted by Gasteiger charge is -2.65. The number of hydrogen-bond donors (Lipinski definition) is 1. The minimum absolute atomic E-state index is 0.0197. The molecule has 0 radical (unpaired) electrons. The second-order valence-electron chi connectivity index (χ2n) is 18.4. The quantitative estimate of drug-likeness (QED) is 0.431. The number of anilines is 2. The molecule has 9 atom stereocenters. The molecule has 5 spiro atoms. The highest BCUT2D eigenvalue weighted by molar-refractivity contribution is 5.93. The van der Waals surface area contributed by atoms with Crippen molar-refractivity contribution in [3.05, 3.63) is 76.1 Å². The number of rotatable bonds is 2. The summed E-state index contributed by atoms with van der Waals surface area (Å²) in [4.78, 5) is 22.5. The molecular weight excluding hydrogens is 652 g/mol. The van der Waals surface area contributed by atoms with E-state index >= 15 is 0 Å². The zero-order valence-corrected chi connectivity index (χ0v) is 30.3. The number of hydrogen-bond acceptors (Lipinski definition) is 9. The first-order chi connectivity index (χ1) is 25.4. The van der Waals surface area contributed by atoms with Crippen LogP contribution < -0.4 is 15.0 Å². The predicted octanol–water partition coefficient (Wildman–Crippen LogP) is 5.11. The minimum atomic E-state index is -0.265. The van der Waals surface area contributed by atoms with Crippen LogP contribution in [0.4, 0.5) is 11.4 Å². The van der Waals surface area contributed by atoms with Gasteiger partial charge in [0.05, 0.1) is 48.5 Å². The fraction of sp³-hybridized carbons (Fsp3) is 0.605. The molecular formula is C43H48N4O5. The number of methoxy groups -OCH3 is 2. The average Bonchev–Trinajstić information content (AvgIpc) is 4.02. The number of carbonyl (C=O) groups is 1. The van der Waals surface area contributed by atoms with Gasteiger partial charge in [-0.05, 0) is 93.3 Å². The Balaban J connectivity index is 1.03. The molecule has 0 amide bonds. The van der Waals surface area contributed by atoms with Crippen molar-refractivity contribution in [2.45, 2.75) is 86.5 Å². The summed E-state index contributed by atoms with van der Waals surface area (Å²) in [7, 11) is 3.40. The van der Waals surface area contributed by atoms with Crippen LogP contribution in [0.25, 0.3) is 0 Å². The van der Waals surface area contributed by atoms with Crippen LogP contribution >= 0.6 is 0 Å². The second kappa shape index (κ2) is 9.46. The molecule has 2 aromatic carbocycles. The number of esters is 1. The third-order valence-corrected chi connectivity index (χ3v) is 16.9. The monoisotopic (exact) mass is 700 g/mol. The third kappa shape index (κ3) is 3.01. The molecule has 13 rings (SSSR count). The Morgan fingerprint density at radius 3 is 2.54 bits per heavy atom. The molecule has 0 unspecified atom stereocenters. The van der Waals surface area contributed by atoms with Gasteiger partial charge in [0.2, 0.25) is 0 Å². The Morgan fingerprint density at radius 1 is 0.827 bits per heavy atom. The van der Waals surface area contributed by atoms with Gasteiger partial charge in [-0.25, -0.2) is 4.79 Å². The van der Waals surface area contributed by atoms with Gasteiger partial charge in [0.1, 0.15) is 5.75 Å². The maximum absolute atomic E-state index is 14.0. The van der Waals surface area contributed by atoms with E-state index in [9.17, 15) is 4.79 Å². The summed E-state index contributed by atoms with van der Waals surface area (Å²) in [5, 5.41) is 3.81. The lowest BCUT2D eigenvalue weighted by atomic mass is 9.47. The Hall–Kier alpha value is -3.37. The molecule has 9 aliphatic heterocycles. The molecule has 0 bridgehead atoms. The molecule has 6 fully saturated rings. The Morgan fingerprint density at radius 2 is 1.63 bits per heavy atom. The number of fused-ring (bicyclic) bond motifs is 4. The Kier molecular flexibility index (Phi) is 5.46. The molecule has 9 heterocycles. The Labute approximate surface area is 305 Å². The fourth-order valence-electron chi connectivity index (χ4n) is 16.1. The van der Waals surface area contributed by atoms with Crippen molar-refractivity contribution in [2.24, 2.45) is 16.2 Å². The van der Waals surface area contributed by atoms with Crippen LogP contribution in [-0.2, 0) is 29.8 Å². The largest absolute Gasteiger partial charge is 0.495 e. The number of piperidine rings is 2. The van der Waals surface area contributed by atoms with Crippen LogP contribution in [0.2, 0.25) is 0 Å². The smallest absolute Gasteiger partial charge is 0.335 e. The van der Waals surface area contributed by atoms with E-state index in [1.807, 2.05) is 7.11 Å². The number of para-hydroxylation sites is 2. The number of carbonyl (C=O) groups excluding carboxylic acids is 1. The molecule has 2 aliphatic carbocycles. The maximum Gasteiger partial charge on any atom is 0.335 e. The highest BCUT2D eigenvalue weighted by atomic mass is 16.5. The zero-order valence-electron chi connectivity index (χ0n) is 30.3. The van der Waals surface area contributed by atoms with Crippen LogP contribution in [0.15, 0.2) is 65.0 Å². The summed E-state index contributed by atoms with van der Waals surface area (Å²) >= 11 is 0. The second-order valence-corrected chi connectivity index (χ2v) is 18.4. The molecule has 270 valence electrons. The molecule has 2 aromatic rings. The van der Waals surface area contributed by atoms with E-state index in [4.69, 9.17) is 18.9 Å². The van der Waals surface area contributed by atoms with Gasteiger partial charge in [-0.2, -0.15) is 0 Å². The highest BCUT2D eigenvalue weighted by Gasteiger charge is 2.77. The van der Waals surface area contributed by atoms with E-state index in [0.29, 0.717) is 18.6 Å². The number of ether oxygens (including phenoxy) is 4. The van der Waals surface area contributed by atoms with E-state index < -0.39 is 0 Å². The lowest BCUT2D eigenvalue weighted by molar-refractivity contribution is -0.152. The van der Waals surface area contributed by atoms with Crippen molar-refractivity contribution in [2.75, 3.05) is 70.4 Å². The van der Waals surface area contributed by atoms with Crippen molar-refractivity contribution in [3.8, 4) is 5.75 Å². The summed E-state index contributed by atoms with van der Waals surface area (Å²) in [5.41, 5.74) is 9.97. The number of benzene rings is 2. The average molecular weight is 701 g/mol. The predicted molar refractivity (Wildman–Crippen MR) is 194 cm³/mol. The Bertz CT molecular complexity index is 2080. The number of allylic oxidation sites excluding steroid dienone is 1. The zero-order chi connectivity index (χ0) is 34.4. The number of nitrogens with zero attached hydrogens (tertiary/aromatic N) is 3. The maximum atomic E-state index is 14.0. The topological polar surface area (TPSA) is 75.7 Å². The van der Waals surface area contributed by atoms with Crippen LogP contribution in [0.1, 0.15) is 62.5 Å². The first-order valence-electron chi connectivity index (χ1n) is 20.0. The van der Waals surface area contributed by atoms with Crippen molar-refractivity contribution >= 4 is 17.3 Å². The summed E-state index contributed by atoms with van der Waals surface area (Å²) in [6.07, 6.45) is 8.62. The van der Waals surface area contributed by atoms with Crippen LogP contribution in [0, 0.1) is 16.2 Å². The SMILES string of the molecule is COC(=O)C1=C2Nc3ccccc3[C@]23CCN2C[C@]4(CC5=C6N(C4)c4c(OC)cccc4[C@]64CCN6CC[C@H]7OCC[C@]7(C5)[C@H]64)[C@@H]4OCC[C@]4(C1)[C@H]23. The standard InChI is InChI=1S/C43H48N4O5/c1-49-30-9-5-7-28-32(30)47-24-39(20-25-21-40-13-18-51-31(40)10-15-45-16-12-43(28,34(25)47)36(40)45)23-46-17-11-42-27-6-3-4-8-29(27)44-33(42)26(35(48)50-2)22-41(37(42)46)14-19-52-38(39)41/h3-9,31,36-38,44H,10-24H2,1-2H3/t31-,36+,37+,38+,39+,40-,41+,42-,43-/m1/s1. The third-order valence-electron chi connectivity index (χ3n) is 16.9. The van der Waals surface area contributed by atoms with Gasteiger partial charge in [-0.15, -0.1) is 0 Å². The number of nitrogens with one attached hydrogen (secondary N) is 1. The van der Waals surface area contributed by atoms with Crippen molar-refractivity contribution < 1.29 is 23.7 Å². The normalized spacial score (nSPS) is 44.1. The molecule has 11 aliphatic rings. The molecule has 1 N–H and O–H groups in total. The van der Waals surface area contributed by atoms with Gasteiger partial charge in [-0.3, -0.25) is 9.80 Å². The van der Waals surface area contributed by atoms with Gasteiger partial charge in [0.15, 0.2) is 0 Å². The fourth-order valence-corrected chi connectivity index (χ4v) is 16.1. The molecule has 9 nitrogen and oxygen atoms in total. The van der Waals surface area contributed by atoms with Crippen molar-refractivity contribution in [1.29, 1.82) is 0 Å². The summed E-state index contributed by atoms with van der Waals surface area (Å²) < 4.78 is 25.9. The van der Waals surface area contributed by atoms with E-state index in [2.05, 4.69) is 62.5 Å². The van der Waals surface area contributed by atoms with E-state index in [1.165, 1.54) is 16.8 Å². The van der Waals surface area contributed by atoms with E-state index in [-0.39, 0.29) is 45.2 Å². The van der Waals surface area contributed by atoms with Crippen molar-refractivity contribution in [1.82, 2.24) is 9.80 Å². The van der Waals surface area contributed by atoms with Gasteiger partial charge in [0, 0.05) is 78.3 Å². The minimum Gasteiger partial charge on any atom is -0.495 e. The molecule has 9 heteroatoms. The highest BCUT2D eigenvalue weighted by Crippen LogP contribution is 2.75. The molecule has 0 aromatic heterocycles. The van der Waals surface area contributed by atoms with Gasteiger partial charge in [-0.1, -0.05) is 30.3 Å². The summed E-state index contributed by atoms with van der Waals surface area (Å²) in [5.74, 6) is 0.809. The van der Waals surface area contributed by atoms with Crippen LogP contribution in [0.5, 0.6) is 5.75 Å². The van der Waals surface area contributed by atoms with Crippen LogP contribution in [0.3, 0.4) is 0 Å². The lowest BCUT2D eigenvalue weighted by Crippen LogP contribution is -2.72. The van der Waals surface area contributed by atoms with Gasteiger partial charge < -0.3 is 29.2 Å². The summed E-state index contributed by atoms with van der Waals surface area (Å²) in [6.45, 7) is 6.83. The first-order valence-corrected chi connectivity index (χ1v) is 20.0. The molecule has 52 heavy (non-hydrogen) atoms. The van der Waals surface area contributed by atoms with E-state index in [0.717, 1.165) is 114 Å². The molecule has 6 saturated heterocycles. The van der Waals surface area contributed by atoms with Gasteiger partial charge in [0.25, 0.3) is 0 Å².